The van der Waals surface area contributed by atoms with Crippen molar-refractivity contribution in [3.05, 3.63) is 77.7 Å². The van der Waals surface area contributed by atoms with Crippen LogP contribution in [0.5, 0.6) is 5.75 Å². The van der Waals surface area contributed by atoms with Gasteiger partial charge in [0.25, 0.3) is 0 Å². The van der Waals surface area contributed by atoms with Gasteiger partial charge in [0.1, 0.15) is 11.5 Å². The quantitative estimate of drug-likeness (QED) is 0.531. The van der Waals surface area contributed by atoms with Gasteiger partial charge in [-0.2, -0.15) is 4.31 Å². The molecular formula is C21H21ClN2O5S. The molecule has 1 aromatic heterocycles. The summed E-state index contributed by atoms with van der Waals surface area (Å²) in [5, 5.41) is 2.98. The minimum absolute atomic E-state index is 0.00424. The number of anilines is 1. The fourth-order valence-electron chi connectivity index (χ4n) is 2.74. The number of sulfonamides is 1. The average molecular weight is 449 g/mol. The zero-order valence-corrected chi connectivity index (χ0v) is 17.8. The molecule has 0 aliphatic rings. The Morgan fingerprint density at radius 1 is 1.13 bits per heavy atom. The first-order valence-electron chi connectivity index (χ1n) is 9.19. The molecule has 30 heavy (non-hydrogen) atoms. The summed E-state index contributed by atoms with van der Waals surface area (Å²) in [6.07, 6.45) is 1.44. The normalized spacial score (nSPS) is 11.4. The molecule has 0 saturated heterocycles. The Morgan fingerprint density at radius 3 is 2.53 bits per heavy atom. The molecule has 0 spiro atoms. The van der Waals surface area contributed by atoms with Crippen LogP contribution in [-0.4, -0.2) is 31.8 Å². The lowest BCUT2D eigenvalue weighted by Crippen LogP contribution is -2.37. The van der Waals surface area contributed by atoms with Gasteiger partial charge in [-0.05, 0) is 61.5 Å². The summed E-state index contributed by atoms with van der Waals surface area (Å²) in [4.78, 5) is 12.6. The number of furan rings is 1. The highest BCUT2D eigenvalue weighted by Crippen LogP contribution is 2.22. The van der Waals surface area contributed by atoms with Crippen LogP contribution in [-0.2, 0) is 21.4 Å². The molecule has 0 unspecified atom stereocenters. The summed E-state index contributed by atoms with van der Waals surface area (Å²) >= 11 is 5.96. The van der Waals surface area contributed by atoms with E-state index < -0.39 is 22.5 Å². The molecule has 9 heteroatoms. The van der Waals surface area contributed by atoms with Gasteiger partial charge in [-0.1, -0.05) is 17.7 Å². The predicted molar refractivity (Wildman–Crippen MR) is 114 cm³/mol. The zero-order chi connectivity index (χ0) is 21.6. The third-order valence-electron chi connectivity index (χ3n) is 4.12. The molecule has 1 N–H and O–H groups in total. The molecule has 0 fully saturated rings. The fourth-order valence-corrected chi connectivity index (χ4v) is 4.40. The van der Waals surface area contributed by atoms with Crippen molar-refractivity contribution in [3.63, 3.8) is 0 Å². The molecule has 0 atom stereocenters. The lowest BCUT2D eigenvalue weighted by molar-refractivity contribution is -0.116. The summed E-state index contributed by atoms with van der Waals surface area (Å²) in [6.45, 7) is 1.92. The highest BCUT2D eigenvalue weighted by molar-refractivity contribution is 7.89. The molecule has 3 rings (SSSR count). The Bertz CT molecular complexity index is 1080. The van der Waals surface area contributed by atoms with Crippen LogP contribution >= 0.6 is 11.6 Å². The first kappa shape index (κ1) is 21.9. The Morgan fingerprint density at radius 2 is 1.90 bits per heavy atom. The molecule has 0 aliphatic carbocycles. The number of hydrogen-bond acceptors (Lipinski definition) is 5. The lowest BCUT2D eigenvalue weighted by atomic mass is 10.3. The van der Waals surface area contributed by atoms with E-state index in [2.05, 4.69) is 5.32 Å². The second-order valence-electron chi connectivity index (χ2n) is 6.32. The van der Waals surface area contributed by atoms with Crippen molar-refractivity contribution in [2.75, 3.05) is 18.5 Å². The summed E-state index contributed by atoms with van der Waals surface area (Å²) in [7, 11) is -3.99. The van der Waals surface area contributed by atoms with Crippen molar-refractivity contribution in [2.45, 2.75) is 18.4 Å². The standard InChI is InChI=1S/C21H21ClN2O5S/c1-2-28-18-10-8-17(9-11-18)23-21(25)15-24(14-19-6-4-12-29-19)30(26,27)20-7-3-5-16(22)13-20/h3-13H,2,14-15H2,1H3,(H,23,25). The number of halogens is 1. The van der Waals surface area contributed by atoms with Crippen molar-refractivity contribution in [2.24, 2.45) is 0 Å². The Kier molecular flexibility index (Phi) is 7.15. The van der Waals surface area contributed by atoms with E-state index in [-0.39, 0.29) is 16.5 Å². The van der Waals surface area contributed by atoms with Gasteiger partial charge in [0.05, 0.1) is 30.9 Å². The molecule has 0 saturated carbocycles. The second-order valence-corrected chi connectivity index (χ2v) is 8.69. The highest BCUT2D eigenvalue weighted by atomic mass is 35.5. The number of ether oxygens (including phenoxy) is 1. The van der Waals surface area contributed by atoms with Gasteiger partial charge in [-0.15, -0.1) is 0 Å². The van der Waals surface area contributed by atoms with E-state index in [4.69, 9.17) is 20.8 Å². The number of nitrogens with zero attached hydrogens (tertiary/aromatic N) is 1. The van der Waals surface area contributed by atoms with Crippen LogP contribution in [0.4, 0.5) is 5.69 Å². The van der Waals surface area contributed by atoms with Gasteiger partial charge < -0.3 is 14.5 Å². The van der Waals surface area contributed by atoms with E-state index in [1.165, 1.54) is 18.4 Å². The first-order chi connectivity index (χ1) is 14.4. The number of benzene rings is 2. The van der Waals surface area contributed by atoms with Gasteiger partial charge >= 0.3 is 0 Å². The zero-order valence-electron chi connectivity index (χ0n) is 16.2. The highest BCUT2D eigenvalue weighted by Gasteiger charge is 2.28. The monoisotopic (exact) mass is 448 g/mol. The van der Waals surface area contributed by atoms with Crippen molar-refractivity contribution >= 4 is 33.2 Å². The summed E-state index contributed by atoms with van der Waals surface area (Å²) in [5.74, 6) is 0.601. The van der Waals surface area contributed by atoms with Crippen LogP contribution in [0.25, 0.3) is 0 Å². The topological polar surface area (TPSA) is 88.8 Å². The molecular weight excluding hydrogens is 428 g/mol. The molecule has 0 bridgehead atoms. The number of amides is 1. The maximum atomic E-state index is 13.1. The summed E-state index contributed by atoms with van der Waals surface area (Å²) in [5.41, 5.74) is 0.529. The van der Waals surface area contributed by atoms with Crippen LogP contribution in [0.3, 0.4) is 0 Å². The Hall–Kier alpha value is -2.81. The summed E-state index contributed by atoms with van der Waals surface area (Å²) in [6, 6.07) is 16.0. The van der Waals surface area contributed by atoms with Gasteiger partial charge in [-0.3, -0.25) is 4.79 Å². The Labute approximate surface area is 180 Å². The van der Waals surface area contributed by atoms with Crippen molar-refractivity contribution in [1.29, 1.82) is 0 Å². The molecule has 158 valence electrons. The van der Waals surface area contributed by atoms with E-state index in [1.807, 2.05) is 6.92 Å². The van der Waals surface area contributed by atoms with E-state index in [9.17, 15) is 13.2 Å². The smallest absolute Gasteiger partial charge is 0.244 e. The third kappa shape index (κ3) is 5.63. The first-order valence-corrected chi connectivity index (χ1v) is 11.0. The van der Waals surface area contributed by atoms with E-state index in [1.54, 1.807) is 48.5 Å². The molecule has 1 heterocycles. The van der Waals surface area contributed by atoms with Crippen molar-refractivity contribution < 1.29 is 22.4 Å². The minimum Gasteiger partial charge on any atom is -0.494 e. The predicted octanol–water partition coefficient (Wildman–Crippen LogP) is 4.16. The average Bonchev–Trinajstić information content (AvgIpc) is 3.22. The number of hydrogen-bond donors (Lipinski definition) is 1. The molecule has 0 aliphatic heterocycles. The van der Waals surface area contributed by atoms with Crippen molar-refractivity contribution in [3.8, 4) is 5.75 Å². The van der Waals surface area contributed by atoms with Crippen molar-refractivity contribution in [1.82, 2.24) is 4.31 Å². The van der Waals surface area contributed by atoms with E-state index in [0.29, 0.717) is 23.8 Å². The van der Waals surface area contributed by atoms with Gasteiger partial charge in [0.2, 0.25) is 15.9 Å². The van der Waals surface area contributed by atoms with E-state index >= 15 is 0 Å². The van der Waals surface area contributed by atoms with Gasteiger partial charge in [0.15, 0.2) is 0 Å². The van der Waals surface area contributed by atoms with Gasteiger partial charge in [-0.25, -0.2) is 8.42 Å². The maximum absolute atomic E-state index is 13.1. The SMILES string of the molecule is CCOc1ccc(NC(=O)CN(Cc2ccco2)S(=O)(=O)c2cccc(Cl)c2)cc1. The van der Waals surface area contributed by atoms with Gasteiger partial charge in [0, 0.05) is 10.7 Å². The lowest BCUT2D eigenvalue weighted by Gasteiger charge is -2.21. The fraction of sp³-hybridized carbons (Fsp3) is 0.190. The number of carbonyl (C=O) groups excluding carboxylic acids is 1. The van der Waals surface area contributed by atoms with E-state index in [0.717, 1.165) is 4.31 Å². The molecule has 3 aromatic rings. The largest absolute Gasteiger partial charge is 0.494 e. The molecule has 2 aromatic carbocycles. The molecule has 7 nitrogen and oxygen atoms in total. The number of rotatable bonds is 9. The number of carbonyl (C=O) groups is 1. The second kappa shape index (κ2) is 9.80. The summed E-state index contributed by atoms with van der Waals surface area (Å²) < 4.78 is 38.0. The third-order valence-corrected chi connectivity index (χ3v) is 6.14. The Balaban J connectivity index is 1.79. The van der Waals surface area contributed by atoms with Crippen LogP contribution in [0, 0.1) is 0 Å². The van der Waals surface area contributed by atoms with Crippen LogP contribution in [0.15, 0.2) is 76.2 Å². The molecule has 1 amide bonds. The number of nitrogens with one attached hydrogen (secondary N) is 1. The van der Waals surface area contributed by atoms with Crippen LogP contribution in [0.2, 0.25) is 5.02 Å². The van der Waals surface area contributed by atoms with Crippen LogP contribution < -0.4 is 10.1 Å². The molecule has 0 radical (unpaired) electrons. The van der Waals surface area contributed by atoms with Crippen LogP contribution in [0.1, 0.15) is 12.7 Å². The maximum Gasteiger partial charge on any atom is 0.244 e. The minimum atomic E-state index is -3.99.